The number of β-lactam (4-membered cyclic amide) rings is 1. The normalized spacial score (nSPS) is 16.4. The van der Waals surface area contributed by atoms with Gasteiger partial charge in [0, 0.05) is 0 Å². The summed E-state index contributed by atoms with van der Waals surface area (Å²) in [5, 5.41) is 2.19. The first-order valence-electron chi connectivity index (χ1n) is 14.8. The Kier molecular flexibility index (Phi) is 10.3. The number of nitrogens with one attached hydrogen (secondary N) is 1. The Labute approximate surface area is 284 Å². The average Bonchev–Trinajstić information content (AvgIpc) is 3.52. The molecular formula is C36H31N3O5S3. The highest BCUT2D eigenvalue weighted by Gasteiger charge is 2.54. The van der Waals surface area contributed by atoms with Crippen molar-refractivity contribution in [2.24, 2.45) is 0 Å². The van der Waals surface area contributed by atoms with Crippen LogP contribution in [0, 0.1) is 0 Å². The van der Waals surface area contributed by atoms with Crippen LogP contribution in [0.1, 0.15) is 24.2 Å². The van der Waals surface area contributed by atoms with E-state index in [2.05, 4.69) is 11.9 Å². The third-order valence-electron chi connectivity index (χ3n) is 7.41. The van der Waals surface area contributed by atoms with E-state index in [-0.39, 0.29) is 6.61 Å². The van der Waals surface area contributed by atoms with Crippen molar-refractivity contribution in [3.63, 3.8) is 0 Å². The number of hydrogen-bond donors (Lipinski definition) is 1. The lowest BCUT2D eigenvalue weighted by atomic mass is 9.98. The predicted molar refractivity (Wildman–Crippen MR) is 187 cm³/mol. The molecule has 0 aliphatic carbocycles. The number of thiazole rings is 1. The van der Waals surface area contributed by atoms with Gasteiger partial charge in [-0.2, -0.15) is 0 Å². The minimum absolute atomic E-state index is 0.266. The second-order valence-electron chi connectivity index (χ2n) is 10.8. The Morgan fingerprint density at radius 3 is 2.13 bits per heavy atom. The third kappa shape index (κ3) is 7.54. The number of likely N-dealkylation sites (tertiary alicyclic amines) is 1. The van der Waals surface area contributed by atoms with E-state index in [1.165, 1.54) is 37.8 Å². The van der Waals surface area contributed by atoms with Crippen LogP contribution in [0.2, 0.25) is 0 Å². The molecule has 1 aliphatic rings. The largest absolute Gasteiger partial charge is 0.484 e. The Bertz CT molecular complexity index is 1800. The molecular weight excluding hydrogens is 651 g/mol. The lowest BCUT2D eigenvalue weighted by Crippen LogP contribution is -2.73. The zero-order valence-electron chi connectivity index (χ0n) is 25.4. The van der Waals surface area contributed by atoms with Crippen molar-refractivity contribution in [2.45, 2.75) is 34.8 Å². The van der Waals surface area contributed by atoms with Crippen molar-refractivity contribution in [1.29, 1.82) is 0 Å². The van der Waals surface area contributed by atoms with Crippen LogP contribution in [0.15, 0.2) is 132 Å². The molecule has 0 saturated carbocycles. The smallest absolute Gasteiger partial charge is 0.334 e. The number of fused-ring (bicyclic) bond motifs is 1. The third-order valence-corrected chi connectivity index (χ3v) is 11.4. The number of ether oxygens (including phenoxy) is 2. The number of aromatic nitrogens is 1. The van der Waals surface area contributed by atoms with E-state index >= 15 is 0 Å². The van der Waals surface area contributed by atoms with Gasteiger partial charge in [-0.1, -0.05) is 108 Å². The molecule has 0 spiro atoms. The molecule has 0 bridgehead atoms. The van der Waals surface area contributed by atoms with Crippen molar-refractivity contribution in [3.05, 3.63) is 139 Å². The summed E-state index contributed by atoms with van der Waals surface area (Å²) in [6, 6.07) is 33.7. The molecule has 238 valence electrons. The van der Waals surface area contributed by atoms with Gasteiger partial charge in [-0.15, -0.1) is 11.3 Å². The summed E-state index contributed by atoms with van der Waals surface area (Å²) in [6.45, 7) is 5.50. The first-order chi connectivity index (χ1) is 22.9. The van der Waals surface area contributed by atoms with Gasteiger partial charge in [-0.25, -0.2) is 9.78 Å². The summed E-state index contributed by atoms with van der Waals surface area (Å²) in [7, 11) is 2.74. The van der Waals surface area contributed by atoms with E-state index < -0.39 is 41.3 Å². The summed E-state index contributed by atoms with van der Waals surface area (Å²) in [4.78, 5) is 46.9. The molecule has 2 heterocycles. The molecule has 1 aromatic heterocycles. The molecule has 0 radical (unpaired) electrons. The number of amides is 2. The Morgan fingerprint density at radius 2 is 1.51 bits per heavy atom. The standard InChI is InChI=1S/C36H31N3O5S3/c1-23(2)31(35(42)44-32(24-14-6-3-7-15-24)25-16-8-4-9-17-25)39-33(41)30(38-29(40)22-43-26-18-10-5-11-19-26)34(39)46-47-36-37-27-20-12-13-21-28(27)45-36/h3-21,30-32,34H,1,22H2,2H3,(H,38,40)/t30-,31-,34+/m1/s1. The van der Waals surface area contributed by atoms with Gasteiger partial charge >= 0.3 is 5.97 Å². The van der Waals surface area contributed by atoms with Gasteiger partial charge < -0.3 is 19.7 Å². The highest BCUT2D eigenvalue weighted by atomic mass is 33.1. The Hall–Kier alpha value is -4.58. The van der Waals surface area contributed by atoms with E-state index in [1.54, 1.807) is 19.1 Å². The average molecular weight is 682 g/mol. The van der Waals surface area contributed by atoms with Gasteiger partial charge in [0.05, 0.1) is 10.2 Å². The first kappa shape index (κ1) is 32.4. The molecule has 6 rings (SSSR count). The summed E-state index contributed by atoms with van der Waals surface area (Å²) in [5.74, 6) is -0.944. The van der Waals surface area contributed by atoms with Crippen LogP contribution in [0.5, 0.6) is 5.75 Å². The van der Waals surface area contributed by atoms with E-state index in [0.29, 0.717) is 11.3 Å². The minimum atomic E-state index is -1.08. The van der Waals surface area contributed by atoms with E-state index in [9.17, 15) is 14.4 Å². The second kappa shape index (κ2) is 14.9. The van der Waals surface area contributed by atoms with Crippen molar-refractivity contribution in [1.82, 2.24) is 15.2 Å². The molecule has 2 amide bonds. The van der Waals surface area contributed by atoms with E-state index in [4.69, 9.17) is 14.5 Å². The Morgan fingerprint density at radius 1 is 0.915 bits per heavy atom. The molecule has 1 saturated heterocycles. The number of carbonyl (C=O) groups excluding carboxylic acids is 3. The zero-order chi connectivity index (χ0) is 32.8. The highest BCUT2D eigenvalue weighted by molar-refractivity contribution is 8.77. The van der Waals surface area contributed by atoms with Gasteiger partial charge in [-0.3, -0.25) is 9.59 Å². The van der Waals surface area contributed by atoms with E-state index in [0.717, 1.165) is 25.7 Å². The van der Waals surface area contributed by atoms with Crippen LogP contribution in [-0.2, 0) is 19.1 Å². The van der Waals surface area contributed by atoms with Crippen LogP contribution in [0.3, 0.4) is 0 Å². The summed E-state index contributed by atoms with van der Waals surface area (Å²) in [5.41, 5.74) is 2.91. The topological polar surface area (TPSA) is 97.8 Å². The summed E-state index contributed by atoms with van der Waals surface area (Å²) in [6.07, 6.45) is -0.697. The molecule has 5 aromatic rings. The SMILES string of the molecule is C=C(C)[C@H](C(=O)OC(c1ccccc1)c1ccccc1)N1C(=O)[C@@H](NC(=O)COc2ccccc2)[C@@H]1SSc1nc2ccccc2s1. The number of benzene rings is 4. The molecule has 4 aromatic carbocycles. The van der Waals surface area contributed by atoms with Gasteiger partial charge in [0.1, 0.15) is 17.2 Å². The van der Waals surface area contributed by atoms with Crippen LogP contribution in [0.25, 0.3) is 10.2 Å². The van der Waals surface area contributed by atoms with Gasteiger partial charge in [0.25, 0.3) is 5.91 Å². The molecule has 11 heteroatoms. The predicted octanol–water partition coefficient (Wildman–Crippen LogP) is 7.05. The van der Waals surface area contributed by atoms with Gasteiger partial charge in [-0.05, 0) is 58.7 Å². The highest BCUT2D eigenvalue weighted by Crippen LogP contribution is 2.45. The first-order valence-corrected chi connectivity index (χ1v) is 17.9. The summed E-state index contributed by atoms with van der Waals surface area (Å²) >= 11 is 1.53. The maximum Gasteiger partial charge on any atom is 0.334 e. The molecule has 3 atom stereocenters. The molecule has 47 heavy (non-hydrogen) atoms. The van der Waals surface area contributed by atoms with E-state index in [1.807, 2.05) is 103 Å². The molecule has 1 aliphatic heterocycles. The van der Waals surface area contributed by atoms with Gasteiger partial charge in [0.15, 0.2) is 23.1 Å². The van der Waals surface area contributed by atoms with Crippen LogP contribution < -0.4 is 10.1 Å². The maximum atomic E-state index is 14.0. The fourth-order valence-corrected chi connectivity index (χ4v) is 9.13. The monoisotopic (exact) mass is 681 g/mol. The number of carbonyl (C=O) groups is 3. The molecule has 8 nitrogen and oxygen atoms in total. The molecule has 1 fully saturated rings. The number of esters is 1. The zero-order valence-corrected chi connectivity index (χ0v) is 27.8. The fraction of sp³-hybridized carbons (Fsp3) is 0.167. The minimum Gasteiger partial charge on any atom is -0.484 e. The van der Waals surface area contributed by atoms with Crippen LogP contribution in [-0.4, -0.2) is 51.7 Å². The van der Waals surface area contributed by atoms with Crippen molar-refractivity contribution >= 4 is 60.9 Å². The lowest BCUT2D eigenvalue weighted by Gasteiger charge is -2.49. The van der Waals surface area contributed by atoms with Crippen LogP contribution in [0.4, 0.5) is 0 Å². The second-order valence-corrected chi connectivity index (χ2v) is 14.4. The van der Waals surface area contributed by atoms with Crippen LogP contribution >= 0.6 is 32.9 Å². The number of hydrogen-bond acceptors (Lipinski definition) is 9. The van der Waals surface area contributed by atoms with Crippen molar-refractivity contribution in [3.8, 4) is 5.75 Å². The quantitative estimate of drug-likeness (QED) is 0.0612. The summed E-state index contributed by atoms with van der Waals surface area (Å²) < 4.78 is 13.6. The Balaban J connectivity index is 1.23. The molecule has 1 N–H and O–H groups in total. The van der Waals surface area contributed by atoms with Crippen molar-refractivity contribution in [2.75, 3.05) is 6.61 Å². The maximum absolute atomic E-state index is 14.0. The van der Waals surface area contributed by atoms with Crippen molar-refractivity contribution < 1.29 is 23.9 Å². The number of nitrogens with zero attached hydrogens (tertiary/aromatic N) is 2. The lowest BCUT2D eigenvalue weighted by molar-refractivity contribution is -0.165. The number of rotatable bonds is 13. The van der Waals surface area contributed by atoms with Gasteiger partial charge in [0.2, 0.25) is 5.91 Å². The molecule has 0 unspecified atom stereocenters. The fourth-order valence-electron chi connectivity index (χ4n) is 5.17. The number of para-hydroxylation sites is 2.